The van der Waals surface area contributed by atoms with Gasteiger partial charge in [-0.2, -0.15) is 4.72 Å². The second-order valence-corrected chi connectivity index (χ2v) is 7.11. The van der Waals surface area contributed by atoms with Gasteiger partial charge in [0.05, 0.1) is 10.9 Å². The zero-order chi connectivity index (χ0) is 18.4. The van der Waals surface area contributed by atoms with Gasteiger partial charge in [-0.15, -0.1) is 0 Å². The second-order valence-electron chi connectivity index (χ2n) is 4.96. The fraction of sp³-hybridized carbons (Fsp3) is 0.133. The van der Waals surface area contributed by atoms with E-state index >= 15 is 0 Å². The summed E-state index contributed by atoms with van der Waals surface area (Å²) >= 11 is 5.77. The van der Waals surface area contributed by atoms with Gasteiger partial charge in [0, 0.05) is 11.2 Å². The van der Waals surface area contributed by atoms with Crippen LogP contribution in [0.2, 0.25) is 5.02 Å². The number of carbonyl (C=O) groups is 2. The monoisotopic (exact) mass is 382 g/mol. The lowest BCUT2D eigenvalue weighted by molar-refractivity contribution is -0.123. The Morgan fingerprint density at radius 2 is 1.88 bits per heavy atom. The third kappa shape index (κ3) is 5.24. The number of sulfonamides is 1. The molecule has 0 bridgehead atoms. The Bertz CT molecular complexity index is 874. The Hall–Kier alpha value is -2.49. The molecule has 0 spiro atoms. The van der Waals surface area contributed by atoms with Crippen molar-refractivity contribution in [3.63, 3.8) is 0 Å². The molecule has 8 nitrogen and oxygen atoms in total. The van der Waals surface area contributed by atoms with Gasteiger partial charge >= 0.3 is 0 Å². The summed E-state index contributed by atoms with van der Waals surface area (Å²) in [5.41, 5.74) is 4.40. The minimum atomic E-state index is -3.94. The van der Waals surface area contributed by atoms with Gasteiger partial charge in [-0.1, -0.05) is 23.7 Å². The van der Waals surface area contributed by atoms with Crippen LogP contribution in [0, 0.1) is 0 Å². The zero-order valence-corrected chi connectivity index (χ0v) is 14.6. The first-order valence-corrected chi connectivity index (χ1v) is 8.95. The van der Waals surface area contributed by atoms with E-state index in [2.05, 4.69) is 20.6 Å². The molecule has 1 aromatic carbocycles. The SMILES string of the molecule is C[C@H](NS(=O)(=O)c1cccc(Cl)c1)C(=O)NNC(=O)c1ccccn1. The van der Waals surface area contributed by atoms with E-state index in [0.717, 1.165) is 0 Å². The average molecular weight is 383 g/mol. The largest absolute Gasteiger partial charge is 0.288 e. The Morgan fingerprint density at radius 3 is 2.52 bits per heavy atom. The Balaban J connectivity index is 1.95. The maximum Gasteiger partial charge on any atom is 0.288 e. The number of halogens is 1. The van der Waals surface area contributed by atoms with Gasteiger partial charge in [0.15, 0.2) is 0 Å². The standard InChI is InChI=1S/C15H15ClN4O4S/c1-10(20-25(23,24)12-6-4-5-11(16)9-12)14(21)18-19-15(22)13-7-2-3-8-17-13/h2-10,20H,1H3,(H,18,21)(H,19,22)/t10-/m0/s1. The van der Waals surface area contributed by atoms with Gasteiger partial charge in [-0.25, -0.2) is 8.42 Å². The molecular formula is C15H15ClN4O4S. The predicted octanol–water partition coefficient (Wildman–Crippen LogP) is 0.863. The molecule has 0 unspecified atom stereocenters. The van der Waals surface area contributed by atoms with Crippen LogP contribution >= 0.6 is 11.6 Å². The fourth-order valence-electron chi connectivity index (χ4n) is 1.78. The number of pyridine rings is 1. The molecule has 1 atom stereocenters. The molecule has 2 amide bonds. The molecule has 1 aromatic heterocycles. The number of hydrazine groups is 1. The van der Waals surface area contributed by atoms with E-state index in [4.69, 9.17) is 11.6 Å². The highest BCUT2D eigenvalue weighted by molar-refractivity contribution is 7.89. The van der Waals surface area contributed by atoms with E-state index in [1.54, 1.807) is 12.1 Å². The van der Waals surface area contributed by atoms with E-state index in [9.17, 15) is 18.0 Å². The number of hydrogen-bond donors (Lipinski definition) is 3. The smallest absolute Gasteiger partial charge is 0.271 e. The normalized spacial score (nSPS) is 12.2. The summed E-state index contributed by atoms with van der Waals surface area (Å²) in [6.07, 6.45) is 1.43. The van der Waals surface area contributed by atoms with Crippen molar-refractivity contribution in [2.24, 2.45) is 0 Å². The van der Waals surface area contributed by atoms with Gasteiger partial charge in [0.1, 0.15) is 5.69 Å². The zero-order valence-electron chi connectivity index (χ0n) is 13.1. The number of benzene rings is 1. The van der Waals surface area contributed by atoms with E-state index in [-0.39, 0.29) is 15.6 Å². The molecule has 25 heavy (non-hydrogen) atoms. The van der Waals surface area contributed by atoms with Crippen molar-refractivity contribution >= 4 is 33.4 Å². The van der Waals surface area contributed by atoms with Crippen molar-refractivity contribution < 1.29 is 18.0 Å². The number of hydrogen-bond acceptors (Lipinski definition) is 5. The summed E-state index contributed by atoms with van der Waals surface area (Å²) in [6, 6.07) is 9.21. The summed E-state index contributed by atoms with van der Waals surface area (Å²) in [5, 5.41) is 0.252. The van der Waals surface area contributed by atoms with Crippen molar-refractivity contribution in [3.05, 3.63) is 59.4 Å². The lowest BCUT2D eigenvalue weighted by atomic mass is 10.3. The van der Waals surface area contributed by atoms with Crippen molar-refractivity contribution in [2.45, 2.75) is 17.9 Å². The minimum absolute atomic E-state index is 0.0721. The fourth-order valence-corrected chi connectivity index (χ4v) is 3.28. The molecule has 0 aliphatic rings. The first kappa shape index (κ1) is 18.8. The van der Waals surface area contributed by atoms with Crippen LogP contribution in [0.15, 0.2) is 53.6 Å². The minimum Gasteiger partial charge on any atom is -0.271 e. The van der Waals surface area contributed by atoms with Crippen molar-refractivity contribution in [1.82, 2.24) is 20.6 Å². The molecule has 3 N–H and O–H groups in total. The number of carbonyl (C=O) groups excluding carboxylic acids is 2. The Morgan fingerprint density at radius 1 is 1.12 bits per heavy atom. The number of rotatable bonds is 5. The Labute approximate surface area is 149 Å². The first-order valence-electron chi connectivity index (χ1n) is 7.09. The van der Waals surface area contributed by atoms with Crippen LogP contribution in [-0.4, -0.2) is 31.3 Å². The lowest BCUT2D eigenvalue weighted by Crippen LogP contribution is -2.51. The number of nitrogens with one attached hydrogen (secondary N) is 3. The van der Waals surface area contributed by atoms with Crippen LogP contribution in [0.4, 0.5) is 0 Å². The molecule has 0 fully saturated rings. The summed E-state index contributed by atoms with van der Waals surface area (Å²) in [6.45, 7) is 1.34. The highest BCUT2D eigenvalue weighted by Gasteiger charge is 2.22. The average Bonchev–Trinajstić information content (AvgIpc) is 2.59. The van der Waals surface area contributed by atoms with Gasteiger partial charge in [0.2, 0.25) is 10.0 Å². The highest BCUT2D eigenvalue weighted by atomic mass is 35.5. The third-order valence-corrected chi connectivity index (χ3v) is 4.80. The molecule has 0 saturated heterocycles. The second kappa shape index (κ2) is 8.06. The van der Waals surface area contributed by atoms with Gasteiger partial charge in [-0.05, 0) is 37.3 Å². The topological polar surface area (TPSA) is 117 Å². The molecule has 0 aliphatic heterocycles. The summed E-state index contributed by atoms with van der Waals surface area (Å²) in [5.74, 6) is -1.37. The van der Waals surface area contributed by atoms with Gasteiger partial charge in [-0.3, -0.25) is 25.4 Å². The molecular weight excluding hydrogens is 368 g/mol. The maximum absolute atomic E-state index is 12.2. The number of aromatic nitrogens is 1. The Kier molecular flexibility index (Phi) is 6.07. The van der Waals surface area contributed by atoms with Gasteiger partial charge < -0.3 is 0 Å². The van der Waals surface area contributed by atoms with E-state index in [1.165, 1.54) is 43.5 Å². The molecule has 1 heterocycles. The predicted molar refractivity (Wildman–Crippen MR) is 91.1 cm³/mol. The first-order chi connectivity index (χ1) is 11.8. The molecule has 0 aliphatic carbocycles. The molecule has 2 rings (SSSR count). The summed E-state index contributed by atoms with van der Waals surface area (Å²) in [7, 11) is -3.94. The van der Waals surface area contributed by atoms with E-state index in [0.29, 0.717) is 0 Å². The van der Waals surface area contributed by atoms with Crippen LogP contribution in [0.25, 0.3) is 0 Å². The van der Waals surface area contributed by atoms with Gasteiger partial charge in [0.25, 0.3) is 11.8 Å². The van der Waals surface area contributed by atoms with Crippen molar-refractivity contribution in [1.29, 1.82) is 0 Å². The third-order valence-electron chi connectivity index (χ3n) is 3.03. The molecule has 2 aromatic rings. The van der Waals surface area contributed by atoms with Crippen LogP contribution in [0.1, 0.15) is 17.4 Å². The molecule has 0 saturated carbocycles. The quantitative estimate of drug-likeness (QED) is 0.663. The lowest BCUT2D eigenvalue weighted by Gasteiger charge is -2.15. The molecule has 10 heteroatoms. The van der Waals surface area contributed by atoms with Crippen LogP contribution in [0.3, 0.4) is 0 Å². The molecule has 0 radical (unpaired) electrons. The van der Waals surface area contributed by atoms with E-state index < -0.39 is 27.9 Å². The molecule has 132 valence electrons. The van der Waals surface area contributed by atoms with E-state index in [1.807, 2.05) is 0 Å². The summed E-state index contributed by atoms with van der Waals surface area (Å²) in [4.78, 5) is 27.5. The van der Waals surface area contributed by atoms with Crippen molar-refractivity contribution in [3.8, 4) is 0 Å². The number of nitrogens with zero attached hydrogens (tertiary/aromatic N) is 1. The maximum atomic E-state index is 12.2. The van der Waals surface area contributed by atoms with Crippen LogP contribution in [0.5, 0.6) is 0 Å². The number of amides is 2. The highest BCUT2D eigenvalue weighted by Crippen LogP contribution is 2.15. The van der Waals surface area contributed by atoms with Crippen LogP contribution < -0.4 is 15.6 Å². The summed E-state index contributed by atoms with van der Waals surface area (Å²) < 4.78 is 26.6. The van der Waals surface area contributed by atoms with Crippen molar-refractivity contribution in [2.75, 3.05) is 0 Å². The van der Waals surface area contributed by atoms with Crippen LogP contribution in [-0.2, 0) is 14.8 Å².